The molecule has 0 spiro atoms. The maximum atomic E-state index is 10.7. The monoisotopic (exact) mass is 376 g/mol. The first-order valence-corrected chi connectivity index (χ1v) is 14.9. The molecule has 0 aliphatic carbocycles. The highest BCUT2D eigenvalue weighted by Gasteiger charge is 2.40. The van der Waals surface area contributed by atoms with Crippen molar-refractivity contribution in [2.45, 2.75) is 78.0 Å². The van der Waals surface area contributed by atoms with Crippen molar-refractivity contribution in [1.82, 2.24) is 9.47 Å². The van der Waals surface area contributed by atoms with Gasteiger partial charge in [0.05, 0.1) is 0 Å². The summed E-state index contributed by atoms with van der Waals surface area (Å²) in [5, 5.41) is 10.7. The topological polar surface area (TPSA) is 45.2 Å². The lowest BCUT2D eigenvalue weighted by Crippen LogP contribution is -2.52. The summed E-state index contributed by atoms with van der Waals surface area (Å²) in [7, 11) is -3.45. The second kappa shape index (κ2) is 10.4. The van der Waals surface area contributed by atoms with E-state index in [2.05, 4.69) is 36.8 Å². The van der Waals surface area contributed by atoms with Crippen LogP contribution in [0.4, 0.5) is 0 Å². The fraction of sp³-hybridized carbons (Fsp3) is 1.00. The van der Waals surface area contributed by atoms with E-state index in [1.54, 1.807) is 0 Å². The predicted octanol–water partition coefficient (Wildman–Crippen LogP) is 3.42. The molecule has 0 saturated carbocycles. The molecule has 1 aliphatic rings. The molecule has 0 aromatic rings. The highest BCUT2D eigenvalue weighted by molar-refractivity contribution is 6.77. The van der Waals surface area contributed by atoms with Crippen molar-refractivity contribution in [3.8, 4) is 0 Å². The molecule has 24 heavy (non-hydrogen) atoms. The highest BCUT2D eigenvalue weighted by Crippen LogP contribution is 2.28. The van der Waals surface area contributed by atoms with E-state index in [-0.39, 0.29) is 6.23 Å². The SMILES string of the molecule is CCO[Si](C)(CCC(O)N1CCN([Si](CC)(CC)CC)C1)OCC. The van der Waals surface area contributed by atoms with Crippen molar-refractivity contribution in [3.63, 3.8) is 0 Å². The van der Waals surface area contributed by atoms with Crippen molar-refractivity contribution in [2.75, 3.05) is 33.0 Å². The van der Waals surface area contributed by atoms with Crippen LogP contribution >= 0.6 is 0 Å². The Morgan fingerprint density at radius 3 is 1.96 bits per heavy atom. The zero-order chi connectivity index (χ0) is 18.2. The van der Waals surface area contributed by atoms with Crippen LogP contribution in [-0.2, 0) is 8.85 Å². The average molecular weight is 377 g/mol. The van der Waals surface area contributed by atoms with Crippen LogP contribution in [0.15, 0.2) is 0 Å². The van der Waals surface area contributed by atoms with Crippen molar-refractivity contribution >= 4 is 16.8 Å². The molecular weight excluding hydrogens is 336 g/mol. The van der Waals surface area contributed by atoms with Crippen molar-refractivity contribution in [3.05, 3.63) is 0 Å². The average Bonchev–Trinajstić information content (AvgIpc) is 3.06. The number of hydrogen-bond donors (Lipinski definition) is 1. The molecule has 5 nitrogen and oxygen atoms in total. The van der Waals surface area contributed by atoms with Gasteiger partial charge in [-0.1, -0.05) is 20.8 Å². The smallest absolute Gasteiger partial charge is 0.335 e. The normalized spacial score (nSPS) is 19.1. The second-order valence-corrected chi connectivity index (χ2v) is 15.6. The van der Waals surface area contributed by atoms with E-state index >= 15 is 0 Å². The van der Waals surface area contributed by atoms with E-state index in [4.69, 9.17) is 8.85 Å². The summed E-state index contributed by atoms with van der Waals surface area (Å²) in [5.41, 5.74) is 0. The summed E-state index contributed by atoms with van der Waals surface area (Å²) in [6.45, 7) is 17.6. The van der Waals surface area contributed by atoms with Crippen LogP contribution in [0.1, 0.15) is 41.0 Å². The minimum Gasteiger partial charge on any atom is -0.395 e. The summed E-state index contributed by atoms with van der Waals surface area (Å²) in [5.74, 6) is 0. The van der Waals surface area contributed by atoms with Gasteiger partial charge in [0.1, 0.15) is 14.5 Å². The molecule has 1 atom stereocenters. The number of aliphatic hydroxyl groups is 1. The largest absolute Gasteiger partial charge is 0.395 e. The quantitative estimate of drug-likeness (QED) is 0.529. The summed E-state index contributed by atoms with van der Waals surface area (Å²) in [6.07, 6.45) is 0.371. The first kappa shape index (κ1) is 22.3. The molecule has 1 aliphatic heterocycles. The molecule has 1 unspecified atom stereocenters. The second-order valence-electron chi connectivity index (χ2n) is 7.02. The van der Waals surface area contributed by atoms with Gasteiger partial charge in [0.25, 0.3) is 0 Å². The maximum Gasteiger partial charge on any atom is 0.335 e. The van der Waals surface area contributed by atoms with Crippen LogP contribution in [0.25, 0.3) is 0 Å². The standard InChI is InChI=1S/C17H40N2O3Si2/c1-7-21-23(6,22-8-2)15-12-17(20)18-13-14-19(16-18)24(9-3,10-4)11-5/h17,20H,7-16H2,1-6H3. The number of nitrogens with zero attached hydrogens (tertiary/aromatic N) is 2. The third-order valence-electron chi connectivity index (χ3n) is 5.83. The fourth-order valence-electron chi connectivity index (χ4n) is 4.03. The Bertz CT molecular complexity index is 342. The predicted molar refractivity (Wildman–Crippen MR) is 106 cm³/mol. The molecule has 0 bridgehead atoms. The first-order chi connectivity index (χ1) is 11.4. The van der Waals surface area contributed by atoms with Crippen molar-refractivity contribution < 1.29 is 14.0 Å². The van der Waals surface area contributed by atoms with Gasteiger partial charge in [0.2, 0.25) is 0 Å². The zero-order valence-electron chi connectivity index (χ0n) is 16.8. The van der Waals surface area contributed by atoms with Crippen LogP contribution in [0.2, 0.25) is 30.7 Å². The Kier molecular flexibility index (Phi) is 9.65. The molecule has 1 rings (SSSR count). The Morgan fingerprint density at radius 1 is 0.958 bits per heavy atom. The van der Waals surface area contributed by atoms with E-state index in [0.29, 0.717) is 13.2 Å². The fourth-order valence-corrected chi connectivity index (χ4v) is 10.3. The molecule has 0 radical (unpaired) electrons. The number of aliphatic hydroxyl groups excluding tert-OH is 1. The third-order valence-corrected chi connectivity index (χ3v) is 14.5. The Labute approximate surface area is 151 Å². The number of rotatable bonds is 12. The van der Waals surface area contributed by atoms with Gasteiger partial charge in [-0.2, -0.15) is 0 Å². The molecule has 0 aromatic heterocycles. The zero-order valence-corrected chi connectivity index (χ0v) is 18.8. The molecule has 7 heteroatoms. The Balaban J connectivity index is 2.56. The van der Waals surface area contributed by atoms with Gasteiger partial charge < -0.3 is 18.5 Å². The highest BCUT2D eigenvalue weighted by atomic mass is 28.4. The van der Waals surface area contributed by atoms with Gasteiger partial charge in [-0.3, -0.25) is 4.90 Å². The van der Waals surface area contributed by atoms with Crippen LogP contribution in [-0.4, -0.2) is 70.6 Å². The maximum absolute atomic E-state index is 10.7. The summed E-state index contributed by atoms with van der Waals surface area (Å²) >= 11 is 0. The van der Waals surface area contributed by atoms with Crippen LogP contribution < -0.4 is 0 Å². The lowest BCUT2D eigenvalue weighted by Gasteiger charge is -2.38. The van der Waals surface area contributed by atoms with Gasteiger partial charge in [-0.05, 0) is 51.0 Å². The molecule has 0 amide bonds. The molecule has 1 heterocycles. The van der Waals surface area contributed by atoms with Gasteiger partial charge in [0, 0.05) is 33.0 Å². The van der Waals surface area contributed by atoms with Gasteiger partial charge >= 0.3 is 8.56 Å². The lowest BCUT2D eigenvalue weighted by molar-refractivity contribution is 0.00937. The molecule has 0 aromatic carbocycles. The van der Waals surface area contributed by atoms with Crippen molar-refractivity contribution in [1.29, 1.82) is 0 Å². The van der Waals surface area contributed by atoms with E-state index in [1.807, 2.05) is 13.8 Å². The van der Waals surface area contributed by atoms with Gasteiger partial charge in [-0.15, -0.1) is 0 Å². The van der Waals surface area contributed by atoms with Crippen LogP contribution in [0.5, 0.6) is 0 Å². The third kappa shape index (κ3) is 5.62. The van der Waals surface area contributed by atoms with E-state index in [1.165, 1.54) is 18.1 Å². The molecule has 1 saturated heterocycles. The summed E-state index contributed by atoms with van der Waals surface area (Å²) < 4.78 is 14.5. The van der Waals surface area contributed by atoms with E-state index < -0.39 is 16.8 Å². The summed E-state index contributed by atoms with van der Waals surface area (Å²) in [6, 6.07) is 4.78. The van der Waals surface area contributed by atoms with Gasteiger partial charge in [-0.25, -0.2) is 0 Å². The van der Waals surface area contributed by atoms with E-state index in [0.717, 1.165) is 32.2 Å². The lowest BCUT2D eigenvalue weighted by atomic mass is 10.4. The number of hydrogen-bond acceptors (Lipinski definition) is 5. The Hall–Kier alpha value is 0.234. The van der Waals surface area contributed by atoms with Crippen molar-refractivity contribution in [2.24, 2.45) is 0 Å². The Morgan fingerprint density at radius 2 is 1.50 bits per heavy atom. The first-order valence-electron chi connectivity index (χ1n) is 9.85. The summed E-state index contributed by atoms with van der Waals surface area (Å²) in [4.78, 5) is 2.25. The molecule has 144 valence electrons. The van der Waals surface area contributed by atoms with E-state index in [9.17, 15) is 5.11 Å². The minimum atomic E-state index is -2.13. The molecular formula is C17H40N2O3Si2. The van der Waals surface area contributed by atoms with Crippen LogP contribution in [0.3, 0.4) is 0 Å². The minimum absolute atomic E-state index is 0.375. The molecule has 1 fully saturated rings. The molecule has 1 N–H and O–H groups in total. The van der Waals surface area contributed by atoms with Gasteiger partial charge in [0.15, 0.2) is 0 Å². The van der Waals surface area contributed by atoms with Crippen LogP contribution in [0, 0.1) is 0 Å².